The van der Waals surface area contributed by atoms with Crippen LogP contribution in [-0.4, -0.2) is 44.2 Å². The predicted octanol–water partition coefficient (Wildman–Crippen LogP) is 5.80. The van der Waals surface area contributed by atoms with Crippen molar-refractivity contribution in [3.63, 3.8) is 0 Å². The van der Waals surface area contributed by atoms with Gasteiger partial charge in [0.1, 0.15) is 10.8 Å². The van der Waals surface area contributed by atoms with E-state index in [1.807, 2.05) is 6.26 Å². The Morgan fingerprint density at radius 1 is 1.08 bits per heavy atom. The molecular formula is C22H18F7N3O2S3. The van der Waals surface area contributed by atoms with Crippen LogP contribution in [0.4, 0.5) is 36.4 Å². The molecule has 4 rings (SSSR count). The van der Waals surface area contributed by atoms with E-state index in [4.69, 9.17) is 0 Å². The van der Waals surface area contributed by atoms with E-state index in [-0.39, 0.29) is 35.4 Å². The molecule has 2 aromatic carbocycles. The lowest BCUT2D eigenvalue weighted by molar-refractivity contribution is -0.376. The van der Waals surface area contributed by atoms with E-state index in [1.165, 1.54) is 39.5 Å². The van der Waals surface area contributed by atoms with E-state index in [1.54, 1.807) is 0 Å². The van der Waals surface area contributed by atoms with Crippen molar-refractivity contribution in [2.75, 3.05) is 10.6 Å². The maximum Gasteiger partial charge on any atom is 0.430 e. The summed E-state index contributed by atoms with van der Waals surface area (Å²) in [7, 11) is -1.99. The molecule has 0 aliphatic carbocycles. The maximum atomic E-state index is 13.6. The third kappa shape index (κ3) is 5.22. The zero-order valence-electron chi connectivity index (χ0n) is 18.8. The molecular weight excluding hydrogens is 567 g/mol. The van der Waals surface area contributed by atoms with E-state index in [9.17, 15) is 40.0 Å². The number of aryl methyl sites for hydroxylation is 1. The Morgan fingerprint density at radius 2 is 1.73 bits per heavy atom. The molecule has 0 saturated heterocycles. The molecule has 1 N–H and O–H groups in total. The number of hydrogen-bond donors (Lipinski definition) is 1. The number of rotatable bonds is 6. The topological polar surface area (TPSA) is 66.3 Å². The van der Waals surface area contributed by atoms with Gasteiger partial charge in [0.05, 0.1) is 10.6 Å². The second-order valence-electron chi connectivity index (χ2n) is 8.14. The molecule has 5 nitrogen and oxygen atoms in total. The lowest BCUT2D eigenvalue weighted by Crippen LogP contribution is -2.54. The van der Waals surface area contributed by atoms with Gasteiger partial charge < -0.3 is 5.11 Å². The smallest absolute Gasteiger partial charge is 0.369 e. The highest BCUT2D eigenvalue weighted by molar-refractivity contribution is 8.00. The van der Waals surface area contributed by atoms with Crippen LogP contribution < -0.4 is 4.31 Å². The monoisotopic (exact) mass is 585 g/mol. The summed E-state index contributed by atoms with van der Waals surface area (Å²) in [4.78, 5) is 0.187. The Hall–Kier alpha value is -2.23. The summed E-state index contributed by atoms with van der Waals surface area (Å²) in [5.74, 6) is -0.571. The number of thioether (sulfide) groups is 1. The summed E-state index contributed by atoms with van der Waals surface area (Å²) in [6.07, 6.45) is -9.70. The van der Waals surface area contributed by atoms with Crippen LogP contribution in [-0.2, 0) is 29.4 Å². The number of halogens is 7. The maximum absolute atomic E-state index is 13.6. The molecule has 3 aromatic rings. The Balaban J connectivity index is 1.79. The number of aromatic nitrogens is 2. The lowest BCUT2D eigenvalue weighted by Gasteiger charge is -2.39. The van der Waals surface area contributed by atoms with Crippen LogP contribution in [0.5, 0.6) is 0 Å². The van der Waals surface area contributed by atoms with Crippen molar-refractivity contribution in [1.29, 1.82) is 0 Å². The van der Waals surface area contributed by atoms with E-state index in [0.717, 1.165) is 18.2 Å². The Morgan fingerprint density at radius 3 is 2.30 bits per heavy atom. The summed E-state index contributed by atoms with van der Waals surface area (Å²) < 4.78 is 110. The predicted molar refractivity (Wildman–Crippen MR) is 125 cm³/mol. The highest BCUT2D eigenvalue weighted by Gasteiger charge is 2.71. The molecule has 0 bridgehead atoms. The SMILES string of the molecule is CSc1nnc(C[C@@H]2CCc3cc(C(O)(C(F)(F)F)C(F)(F)F)ccc3N2S(=O)c2ccc(F)cc2)s1. The second kappa shape index (κ2) is 10.2. The zero-order valence-corrected chi connectivity index (χ0v) is 21.3. The normalized spacial score (nSPS) is 17.5. The first kappa shape index (κ1) is 27.8. The number of aliphatic hydroxyl groups is 1. The standard InChI is InChI=1S/C22H18F7N3O2S3/c1-35-19-31-30-18(36-19)11-15-6-2-12-10-13(20(33,21(24,25)26)22(27,28)29)3-9-17(12)32(15)37(34)16-7-4-14(23)5-8-16/h3-5,7-10,15,33H,2,6,11H2,1H3/t15-,37?/m0/s1. The fourth-order valence-electron chi connectivity index (χ4n) is 4.03. The number of hydrogen-bond acceptors (Lipinski definition) is 6. The van der Waals surface area contributed by atoms with E-state index in [2.05, 4.69) is 10.2 Å². The largest absolute Gasteiger partial charge is 0.430 e. The molecule has 0 radical (unpaired) electrons. The van der Waals surface area contributed by atoms with Gasteiger partial charge in [0.25, 0.3) is 5.60 Å². The van der Waals surface area contributed by atoms with Crippen molar-refractivity contribution in [1.82, 2.24) is 10.2 Å². The van der Waals surface area contributed by atoms with Crippen LogP contribution >= 0.6 is 23.1 Å². The Kier molecular flexibility index (Phi) is 7.63. The first-order valence-corrected chi connectivity index (χ1v) is 13.7. The Labute approximate surface area is 217 Å². The molecule has 37 heavy (non-hydrogen) atoms. The number of fused-ring (bicyclic) bond motifs is 1. The van der Waals surface area contributed by atoms with Gasteiger partial charge in [-0.1, -0.05) is 35.2 Å². The number of nitrogens with zero attached hydrogens (tertiary/aromatic N) is 3. The summed E-state index contributed by atoms with van der Waals surface area (Å²) in [5, 5.41) is 18.6. The van der Waals surface area contributed by atoms with Crippen LogP contribution in [0.15, 0.2) is 51.7 Å². The van der Waals surface area contributed by atoms with Crippen LogP contribution in [0.1, 0.15) is 22.6 Å². The van der Waals surface area contributed by atoms with Crippen molar-refractivity contribution < 1.29 is 40.0 Å². The Bertz CT molecular complexity index is 1280. The van der Waals surface area contributed by atoms with Crippen LogP contribution in [0.2, 0.25) is 0 Å². The van der Waals surface area contributed by atoms with E-state index < -0.39 is 46.4 Å². The van der Waals surface area contributed by atoms with E-state index in [0.29, 0.717) is 21.5 Å². The van der Waals surface area contributed by atoms with Gasteiger partial charge in [0.2, 0.25) is 0 Å². The number of anilines is 1. The molecule has 1 unspecified atom stereocenters. The highest BCUT2D eigenvalue weighted by Crippen LogP contribution is 2.51. The number of alkyl halides is 6. The molecule has 1 aromatic heterocycles. The van der Waals surface area contributed by atoms with Crippen molar-refractivity contribution in [3.8, 4) is 0 Å². The van der Waals surface area contributed by atoms with Crippen molar-refractivity contribution >= 4 is 39.8 Å². The molecule has 2 atom stereocenters. The van der Waals surface area contributed by atoms with Crippen LogP contribution in [0.3, 0.4) is 0 Å². The van der Waals surface area contributed by atoms with Gasteiger partial charge in [0, 0.05) is 18.0 Å². The van der Waals surface area contributed by atoms with Crippen LogP contribution in [0.25, 0.3) is 0 Å². The second-order valence-corrected chi connectivity index (χ2v) is 11.6. The van der Waals surface area contributed by atoms with Crippen LogP contribution in [0, 0.1) is 5.82 Å². The molecule has 0 fully saturated rings. The van der Waals surface area contributed by atoms with Gasteiger partial charge >= 0.3 is 12.4 Å². The minimum Gasteiger partial charge on any atom is -0.369 e. The average molecular weight is 586 g/mol. The fourth-order valence-corrected chi connectivity index (χ4v) is 6.82. The summed E-state index contributed by atoms with van der Waals surface area (Å²) >= 11 is 2.69. The van der Waals surface area contributed by atoms with Gasteiger partial charge in [-0.15, -0.1) is 10.2 Å². The summed E-state index contributed by atoms with van der Waals surface area (Å²) in [6.45, 7) is 0. The van der Waals surface area contributed by atoms with Gasteiger partial charge in [-0.2, -0.15) is 26.3 Å². The third-order valence-electron chi connectivity index (χ3n) is 5.86. The zero-order chi connectivity index (χ0) is 27.2. The molecule has 2 heterocycles. The van der Waals surface area contributed by atoms with Crippen molar-refractivity contribution in [3.05, 3.63) is 64.4 Å². The lowest BCUT2D eigenvalue weighted by atomic mass is 9.87. The number of benzene rings is 2. The average Bonchev–Trinajstić information content (AvgIpc) is 3.29. The van der Waals surface area contributed by atoms with Gasteiger partial charge in [-0.05, 0) is 55.0 Å². The van der Waals surface area contributed by atoms with Crippen molar-refractivity contribution in [2.24, 2.45) is 0 Å². The highest BCUT2D eigenvalue weighted by atomic mass is 32.2. The fraction of sp³-hybridized carbons (Fsp3) is 0.364. The van der Waals surface area contributed by atoms with Gasteiger partial charge in [-0.25, -0.2) is 8.60 Å². The third-order valence-corrected chi connectivity index (χ3v) is 9.31. The molecule has 1 aliphatic rings. The first-order valence-electron chi connectivity index (χ1n) is 10.6. The minimum absolute atomic E-state index is 0.0539. The molecule has 1 aliphatic heterocycles. The van der Waals surface area contributed by atoms with Gasteiger partial charge in [0.15, 0.2) is 15.3 Å². The summed E-state index contributed by atoms with van der Waals surface area (Å²) in [5.41, 5.74) is -6.26. The molecule has 0 saturated carbocycles. The van der Waals surface area contributed by atoms with Gasteiger partial charge in [-0.3, -0.25) is 4.31 Å². The first-order chi connectivity index (χ1) is 17.3. The minimum atomic E-state index is -6.03. The molecule has 15 heteroatoms. The molecule has 0 amide bonds. The summed E-state index contributed by atoms with van der Waals surface area (Å²) in [6, 6.07) is 6.44. The van der Waals surface area contributed by atoms with E-state index >= 15 is 0 Å². The molecule has 0 spiro atoms. The quantitative estimate of drug-likeness (QED) is 0.293. The molecule has 200 valence electrons. The van der Waals surface area contributed by atoms with Crippen molar-refractivity contribution in [2.45, 2.75) is 52.5 Å².